The fourth-order valence-electron chi connectivity index (χ4n) is 2.80. The van der Waals surface area contributed by atoms with Crippen molar-refractivity contribution in [1.82, 2.24) is 10.3 Å². The van der Waals surface area contributed by atoms with Crippen molar-refractivity contribution in [2.75, 3.05) is 12.4 Å². The summed E-state index contributed by atoms with van der Waals surface area (Å²) in [4.78, 5) is 16.4. The van der Waals surface area contributed by atoms with Crippen molar-refractivity contribution in [3.05, 3.63) is 24.0 Å². The number of carbonyl (C=O) groups excluding carboxylic acids is 1. The maximum atomic E-state index is 12.2. The fraction of sp³-hybridized carbons (Fsp3) is 0.600. The number of hydrogen-bond donors (Lipinski definition) is 2. The van der Waals surface area contributed by atoms with Gasteiger partial charge in [-0.05, 0) is 30.9 Å². The fourth-order valence-corrected chi connectivity index (χ4v) is 2.80. The van der Waals surface area contributed by atoms with Crippen molar-refractivity contribution in [2.45, 2.75) is 45.1 Å². The molecule has 0 saturated heterocycles. The van der Waals surface area contributed by atoms with Gasteiger partial charge >= 0.3 is 0 Å². The average molecular weight is 261 g/mol. The molecule has 19 heavy (non-hydrogen) atoms. The molecule has 1 aliphatic rings. The Morgan fingerprint density at radius 3 is 2.79 bits per heavy atom. The first-order chi connectivity index (χ1) is 9.24. The van der Waals surface area contributed by atoms with Gasteiger partial charge in [-0.15, -0.1) is 0 Å². The average Bonchev–Trinajstić information content (AvgIpc) is 2.48. The summed E-state index contributed by atoms with van der Waals surface area (Å²) in [6, 6.07) is 3.96. The predicted octanol–water partition coefficient (Wildman–Crippen LogP) is 2.82. The molecule has 1 saturated carbocycles. The Labute approximate surface area is 115 Å². The number of amides is 1. The van der Waals surface area contributed by atoms with E-state index in [1.165, 1.54) is 19.3 Å². The maximum Gasteiger partial charge on any atom is 0.270 e. The van der Waals surface area contributed by atoms with Gasteiger partial charge in [-0.2, -0.15) is 0 Å². The van der Waals surface area contributed by atoms with Gasteiger partial charge in [0.2, 0.25) is 0 Å². The van der Waals surface area contributed by atoms with Gasteiger partial charge in [0.1, 0.15) is 5.69 Å². The number of hydrogen-bond acceptors (Lipinski definition) is 3. The minimum atomic E-state index is -0.0481. The number of anilines is 1. The molecule has 0 aliphatic heterocycles. The monoisotopic (exact) mass is 261 g/mol. The number of rotatable bonds is 4. The lowest BCUT2D eigenvalue weighted by Crippen LogP contribution is -2.42. The molecule has 1 amide bonds. The van der Waals surface area contributed by atoms with E-state index in [1.807, 2.05) is 13.1 Å². The first-order valence-corrected chi connectivity index (χ1v) is 7.19. The minimum Gasteiger partial charge on any atom is -0.387 e. The molecule has 1 heterocycles. The number of nitrogens with zero attached hydrogens (tertiary/aromatic N) is 1. The number of aromatic nitrogens is 1. The summed E-state index contributed by atoms with van der Waals surface area (Å²) >= 11 is 0. The number of carbonyl (C=O) groups is 1. The molecule has 4 heteroatoms. The van der Waals surface area contributed by atoms with Gasteiger partial charge in [0, 0.05) is 13.1 Å². The van der Waals surface area contributed by atoms with Crippen LogP contribution >= 0.6 is 0 Å². The van der Waals surface area contributed by atoms with Crippen molar-refractivity contribution < 1.29 is 4.79 Å². The molecule has 1 aromatic heterocycles. The van der Waals surface area contributed by atoms with E-state index in [-0.39, 0.29) is 5.91 Å². The van der Waals surface area contributed by atoms with Gasteiger partial charge in [-0.1, -0.05) is 26.2 Å². The molecule has 2 unspecified atom stereocenters. The van der Waals surface area contributed by atoms with Crippen LogP contribution < -0.4 is 10.6 Å². The minimum absolute atomic E-state index is 0.0481. The molecule has 2 atom stereocenters. The Hall–Kier alpha value is -1.58. The largest absolute Gasteiger partial charge is 0.387 e. The van der Waals surface area contributed by atoms with Crippen LogP contribution in [0.5, 0.6) is 0 Å². The summed E-state index contributed by atoms with van der Waals surface area (Å²) in [5, 5.41) is 6.15. The molecule has 0 spiro atoms. The molecule has 1 aliphatic carbocycles. The Morgan fingerprint density at radius 1 is 1.37 bits per heavy atom. The van der Waals surface area contributed by atoms with E-state index in [0.29, 0.717) is 17.7 Å². The Bertz CT molecular complexity index is 416. The van der Waals surface area contributed by atoms with Crippen molar-refractivity contribution >= 4 is 11.6 Å². The van der Waals surface area contributed by atoms with Crippen LogP contribution in [0.2, 0.25) is 0 Å². The molecule has 0 bridgehead atoms. The molecule has 2 N–H and O–H groups in total. The summed E-state index contributed by atoms with van der Waals surface area (Å²) in [7, 11) is 1.84. The molecule has 2 rings (SSSR count). The van der Waals surface area contributed by atoms with Crippen LogP contribution in [-0.2, 0) is 0 Å². The van der Waals surface area contributed by atoms with Gasteiger partial charge in [0.15, 0.2) is 0 Å². The highest BCUT2D eigenvalue weighted by atomic mass is 16.1. The van der Waals surface area contributed by atoms with Gasteiger partial charge < -0.3 is 10.6 Å². The third-order valence-electron chi connectivity index (χ3n) is 4.03. The highest BCUT2D eigenvalue weighted by molar-refractivity contribution is 5.92. The first kappa shape index (κ1) is 13.8. The van der Waals surface area contributed by atoms with E-state index in [0.717, 1.165) is 18.5 Å². The zero-order chi connectivity index (χ0) is 13.7. The van der Waals surface area contributed by atoms with Crippen molar-refractivity contribution in [3.63, 3.8) is 0 Å². The predicted molar refractivity (Wildman–Crippen MR) is 77.3 cm³/mol. The summed E-state index contributed by atoms with van der Waals surface area (Å²) in [5.74, 6) is 0.572. The smallest absolute Gasteiger partial charge is 0.270 e. The second kappa shape index (κ2) is 6.55. The SMILES string of the molecule is CCC1CCCCC1NC(=O)c1ccc(NC)cn1. The van der Waals surface area contributed by atoms with Crippen molar-refractivity contribution in [1.29, 1.82) is 0 Å². The van der Waals surface area contributed by atoms with Gasteiger partial charge in [0.25, 0.3) is 5.91 Å². The maximum absolute atomic E-state index is 12.2. The zero-order valence-corrected chi connectivity index (χ0v) is 11.8. The Balaban J connectivity index is 1.98. The van der Waals surface area contributed by atoms with Gasteiger partial charge in [0.05, 0.1) is 11.9 Å². The van der Waals surface area contributed by atoms with Crippen LogP contribution in [0, 0.1) is 5.92 Å². The molecule has 0 aromatic carbocycles. The van der Waals surface area contributed by atoms with E-state index in [9.17, 15) is 4.79 Å². The lowest BCUT2D eigenvalue weighted by Gasteiger charge is -2.31. The van der Waals surface area contributed by atoms with Crippen LogP contribution in [0.4, 0.5) is 5.69 Å². The van der Waals surface area contributed by atoms with E-state index >= 15 is 0 Å². The zero-order valence-electron chi connectivity index (χ0n) is 11.8. The lowest BCUT2D eigenvalue weighted by molar-refractivity contribution is 0.0899. The summed E-state index contributed by atoms with van der Waals surface area (Å²) < 4.78 is 0. The molecule has 1 fully saturated rings. The van der Waals surface area contributed by atoms with Crippen molar-refractivity contribution in [2.24, 2.45) is 5.92 Å². The quantitative estimate of drug-likeness (QED) is 0.876. The molecule has 4 nitrogen and oxygen atoms in total. The van der Waals surface area contributed by atoms with Crippen LogP contribution in [0.15, 0.2) is 18.3 Å². The second-order valence-electron chi connectivity index (χ2n) is 5.21. The highest BCUT2D eigenvalue weighted by Crippen LogP contribution is 2.26. The van der Waals surface area contributed by atoms with Gasteiger partial charge in [-0.3, -0.25) is 4.79 Å². The highest BCUT2D eigenvalue weighted by Gasteiger charge is 2.25. The third-order valence-corrected chi connectivity index (χ3v) is 4.03. The molecule has 1 aromatic rings. The van der Waals surface area contributed by atoms with Crippen LogP contribution in [0.1, 0.15) is 49.5 Å². The van der Waals surface area contributed by atoms with E-state index in [1.54, 1.807) is 12.3 Å². The Kier molecular flexibility index (Phi) is 4.77. The van der Waals surface area contributed by atoms with E-state index < -0.39 is 0 Å². The standard InChI is InChI=1S/C15H23N3O/c1-3-11-6-4-5-7-13(11)18-15(19)14-9-8-12(16-2)10-17-14/h8-11,13,16H,3-7H2,1-2H3,(H,18,19). The first-order valence-electron chi connectivity index (χ1n) is 7.19. The second-order valence-corrected chi connectivity index (χ2v) is 5.21. The summed E-state index contributed by atoms with van der Waals surface area (Å²) in [6.45, 7) is 2.20. The topological polar surface area (TPSA) is 54.0 Å². The van der Waals surface area contributed by atoms with Gasteiger partial charge in [-0.25, -0.2) is 4.98 Å². The molecular weight excluding hydrogens is 238 g/mol. The molecular formula is C15H23N3O. The summed E-state index contributed by atoms with van der Waals surface area (Å²) in [6.07, 6.45) is 7.66. The summed E-state index contributed by atoms with van der Waals surface area (Å²) in [5.41, 5.74) is 1.42. The normalized spacial score (nSPS) is 22.8. The van der Waals surface area contributed by atoms with Crippen molar-refractivity contribution in [3.8, 4) is 0 Å². The van der Waals surface area contributed by atoms with Crippen LogP contribution in [-0.4, -0.2) is 24.0 Å². The van der Waals surface area contributed by atoms with E-state index in [4.69, 9.17) is 0 Å². The Morgan fingerprint density at radius 2 is 2.16 bits per heavy atom. The molecule has 104 valence electrons. The number of pyridine rings is 1. The lowest BCUT2D eigenvalue weighted by atomic mass is 9.83. The third kappa shape index (κ3) is 3.46. The van der Waals surface area contributed by atoms with E-state index in [2.05, 4.69) is 22.5 Å². The molecule has 0 radical (unpaired) electrons. The van der Waals surface area contributed by atoms with Crippen LogP contribution in [0.3, 0.4) is 0 Å². The van der Waals surface area contributed by atoms with Crippen LogP contribution in [0.25, 0.3) is 0 Å². The number of nitrogens with one attached hydrogen (secondary N) is 2.